The van der Waals surface area contributed by atoms with E-state index in [0.717, 1.165) is 17.8 Å². The number of hydrogen-bond acceptors (Lipinski definition) is 2. The number of aromatic hydroxyl groups is 1. The van der Waals surface area contributed by atoms with Gasteiger partial charge in [-0.1, -0.05) is 26.8 Å². The smallest absolute Gasteiger partial charge is 0.142 e. The zero-order valence-corrected chi connectivity index (χ0v) is 10.3. The maximum atomic E-state index is 10.1. The normalized spacial score (nSPS) is 11.5. The van der Waals surface area contributed by atoms with Crippen molar-refractivity contribution in [2.75, 3.05) is 11.9 Å². The summed E-state index contributed by atoms with van der Waals surface area (Å²) in [6.07, 6.45) is 0. The predicted molar refractivity (Wildman–Crippen MR) is 65.7 cm³/mol. The molecule has 0 fully saturated rings. The largest absolute Gasteiger partial charge is 0.505 e. The lowest BCUT2D eigenvalue weighted by molar-refractivity contribution is 0.448. The second-order valence-electron chi connectivity index (χ2n) is 4.99. The lowest BCUT2D eigenvalue weighted by Crippen LogP contribution is -2.12. The van der Waals surface area contributed by atoms with E-state index in [1.54, 1.807) is 0 Å². The van der Waals surface area contributed by atoms with Crippen molar-refractivity contribution in [3.63, 3.8) is 0 Å². The topological polar surface area (TPSA) is 32.3 Å². The Morgan fingerprint density at radius 2 is 1.87 bits per heavy atom. The highest BCUT2D eigenvalue weighted by atomic mass is 16.3. The molecule has 0 aliphatic carbocycles. The van der Waals surface area contributed by atoms with Gasteiger partial charge < -0.3 is 10.4 Å². The van der Waals surface area contributed by atoms with Crippen LogP contribution in [0.25, 0.3) is 0 Å². The van der Waals surface area contributed by atoms with Crippen molar-refractivity contribution in [2.45, 2.75) is 40.0 Å². The molecule has 0 aliphatic heterocycles. The highest BCUT2D eigenvalue weighted by molar-refractivity contribution is 5.62. The van der Waals surface area contributed by atoms with E-state index >= 15 is 0 Å². The van der Waals surface area contributed by atoms with Gasteiger partial charge in [-0.25, -0.2) is 0 Å². The van der Waals surface area contributed by atoms with Crippen LogP contribution in [0.15, 0.2) is 12.1 Å². The Labute approximate surface area is 92.3 Å². The van der Waals surface area contributed by atoms with Crippen LogP contribution in [-0.2, 0) is 5.41 Å². The minimum atomic E-state index is -0.0275. The van der Waals surface area contributed by atoms with Gasteiger partial charge in [0.2, 0.25) is 0 Å². The first kappa shape index (κ1) is 11.9. The van der Waals surface area contributed by atoms with Crippen molar-refractivity contribution in [1.29, 1.82) is 0 Å². The van der Waals surface area contributed by atoms with Crippen LogP contribution in [0.2, 0.25) is 0 Å². The molecule has 0 radical (unpaired) electrons. The number of anilines is 1. The predicted octanol–water partition coefficient (Wildman–Crippen LogP) is 3.43. The molecule has 0 unspecified atom stereocenters. The summed E-state index contributed by atoms with van der Waals surface area (Å²) in [5.74, 6) is 0.384. The van der Waals surface area contributed by atoms with E-state index in [1.807, 2.05) is 13.0 Å². The summed E-state index contributed by atoms with van der Waals surface area (Å²) >= 11 is 0. The first-order valence-corrected chi connectivity index (χ1v) is 5.44. The molecule has 0 heterocycles. The molecule has 1 rings (SSSR count). The Morgan fingerprint density at radius 1 is 1.27 bits per heavy atom. The van der Waals surface area contributed by atoms with E-state index in [2.05, 4.69) is 39.1 Å². The Morgan fingerprint density at radius 3 is 2.33 bits per heavy atom. The molecule has 0 aliphatic rings. The molecule has 0 amide bonds. The van der Waals surface area contributed by atoms with Crippen LogP contribution in [-0.4, -0.2) is 11.7 Å². The fourth-order valence-electron chi connectivity index (χ4n) is 1.68. The average molecular weight is 207 g/mol. The molecule has 1 aromatic rings. The van der Waals surface area contributed by atoms with Crippen LogP contribution in [0.5, 0.6) is 5.75 Å². The SMILES string of the molecule is CCNc1cc(C)cc(C(C)(C)C)c1O. The molecule has 0 aromatic heterocycles. The van der Waals surface area contributed by atoms with Crippen molar-refractivity contribution in [1.82, 2.24) is 0 Å². The Hall–Kier alpha value is -1.18. The third-order valence-electron chi connectivity index (χ3n) is 2.43. The van der Waals surface area contributed by atoms with Crippen LogP contribution in [0.1, 0.15) is 38.8 Å². The van der Waals surface area contributed by atoms with Crippen LogP contribution in [0.4, 0.5) is 5.69 Å². The summed E-state index contributed by atoms with van der Waals surface area (Å²) < 4.78 is 0. The number of aryl methyl sites for hydroxylation is 1. The quantitative estimate of drug-likeness (QED) is 0.728. The Kier molecular flexibility index (Phi) is 3.28. The van der Waals surface area contributed by atoms with Gasteiger partial charge >= 0.3 is 0 Å². The summed E-state index contributed by atoms with van der Waals surface area (Å²) in [4.78, 5) is 0. The number of hydrogen-bond donors (Lipinski definition) is 2. The summed E-state index contributed by atoms with van der Waals surface area (Å²) in [7, 11) is 0. The minimum absolute atomic E-state index is 0.0275. The number of rotatable bonds is 2. The third kappa shape index (κ3) is 2.65. The monoisotopic (exact) mass is 207 g/mol. The fraction of sp³-hybridized carbons (Fsp3) is 0.538. The van der Waals surface area contributed by atoms with Crippen LogP contribution in [0, 0.1) is 6.92 Å². The molecule has 15 heavy (non-hydrogen) atoms. The van der Waals surface area contributed by atoms with E-state index in [1.165, 1.54) is 5.56 Å². The Bertz CT molecular complexity index is 350. The van der Waals surface area contributed by atoms with E-state index < -0.39 is 0 Å². The van der Waals surface area contributed by atoms with Crippen molar-refractivity contribution in [3.8, 4) is 5.75 Å². The van der Waals surface area contributed by atoms with Gasteiger partial charge in [0.1, 0.15) is 5.75 Å². The van der Waals surface area contributed by atoms with Crippen molar-refractivity contribution < 1.29 is 5.11 Å². The molecule has 2 N–H and O–H groups in total. The molecule has 2 heteroatoms. The minimum Gasteiger partial charge on any atom is -0.505 e. The van der Waals surface area contributed by atoms with E-state index in [9.17, 15) is 5.11 Å². The summed E-state index contributed by atoms with van der Waals surface area (Å²) in [5, 5.41) is 13.3. The lowest BCUT2D eigenvalue weighted by atomic mass is 9.85. The first-order chi connectivity index (χ1) is 6.86. The van der Waals surface area contributed by atoms with Crippen molar-refractivity contribution in [3.05, 3.63) is 23.3 Å². The number of phenolic OH excluding ortho intramolecular Hbond substituents is 1. The number of phenols is 1. The van der Waals surface area contributed by atoms with Crippen molar-refractivity contribution >= 4 is 5.69 Å². The van der Waals surface area contributed by atoms with Gasteiger partial charge in [-0.3, -0.25) is 0 Å². The standard InChI is InChI=1S/C13H21NO/c1-6-14-11-8-9(2)7-10(12(11)15)13(3,4)5/h7-8,14-15H,6H2,1-5H3. The molecule has 0 bridgehead atoms. The molecule has 0 atom stereocenters. The molecular formula is C13H21NO. The third-order valence-corrected chi connectivity index (χ3v) is 2.43. The molecule has 0 saturated carbocycles. The van der Waals surface area contributed by atoms with Crippen molar-refractivity contribution in [2.24, 2.45) is 0 Å². The summed E-state index contributed by atoms with van der Waals surface area (Å²) in [6, 6.07) is 4.03. The molecule has 1 aromatic carbocycles. The van der Waals surface area contributed by atoms with Gasteiger partial charge in [0, 0.05) is 12.1 Å². The van der Waals surface area contributed by atoms with Gasteiger partial charge in [0.05, 0.1) is 5.69 Å². The van der Waals surface area contributed by atoms with Gasteiger partial charge in [-0.2, -0.15) is 0 Å². The lowest BCUT2D eigenvalue weighted by Gasteiger charge is -2.23. The highest BCUT2D eigenvalue weighted by Crippen LogP contribution is 2.37. The second-order valence-corrected chi connectivity index (χ2v) is 4.99. The summed E-state index contributed by atoms with van der Waals surface area (Å²) in [5.41, 5.74) is 2.98. The van der Waals surface area contributed by atoms with Crippen LogP contribution >= 0.6 is 0 Å². The Balaban J connectivity index is 3.28. The molecule has 84 valence electrons. The molecule has 0 spiro atoms. The van der Waals surface area contributed by atoms with E-state index in [0.29, 0.717) is 5.75 Å². The van der Waals surface area contributed by atoms with Crippen LogP contribution in [0.3, 0.4) is 0 Å². The second kappa shape index (κ2) is 4.13. The van der Waals surface area contributed by atoms with E-state index in [-0.39, 0.29) is 5.41 Å². The van der Waals surface area contributed by atoms with Gasteiger partial charge in [0.15, 0.2) is 0 Å². The van der Waals surface area contributed by atoms with E-state index in [4.69, 9.17) is 0 Å². The average Bonchev–Trinajstić information content (AvgIpc) is 2.09. The van der Waals surface area contributed by atoms with Gasteiger partial charge in [-0.15, -0.1) is 0 Å². The maximum absolute atomic E-state index is 10.1. The zero-order valence-electron chi connectivity index (χ0n) is 10.3. The fourth-order valence-corrected chi connectivity index (χ4v) is 1.68. The number of nitrogens with one attached hydrogen (secondary N) is 1. The summed E-state index contributed by atoms with van der Waals surface area (Å²) in [6.45, 7) is 11.2. The molecular weight excluding hydrogens is 186 g/mol. The first-order valence-electron chi connectivity index (χ1n) is 5.44. The maximum Gasteiger partial charge on any atom is 0.142 e. The zero-order chi connectivity index (χ0) is 11.6. The van der Waals surface area contributed by atoms with Gasteiger partial charge in [-0.05, 0) is 30.9 Å². The number of benzene rings is 1. The highest BCUT2D eigenvalue weighted by Gasteiger charge is 2.20. The molecule has 2 nitrogen and oxygen atoms in total. The molecule has 0 saturated heterocycles. The van der Waals surface area contributed by atoms with Crippen LogP contribution < -0.4 is 5.32 Å². The van der Waals surface area contributed by atoms with Gasteiger partial charge in [0.25, 0.3) is 0 Å².